The van der Waals surface area contributed by atoms with E-state index >= 15 is 0 Å². The third-order valence-corrected chi connectivity index (χ3v) is 7.84. The average Bonchev–Trinajstić information content (AvgIpc) is 3.00. The number of hydrogen-bond acceptors (Lipinski definition) is 6. The lowest BCUT2D eigenvalue weighted by Crippen LogP contribution is -2.25. The summed E-state index contributed by atoms with van der Waals surface area (Å²) in [5.41, 5.74) is 0. The molecule has 0 unspecified atom stereocenters. The zero-order valence-corrected chi connectivity index (χ0v) is 28.8. The topological polar surface area (TPSA) is 89.9 Å². The summed E-state index contributed by atoms with van der Waals surface area (Å²) in [5.74, 6) is 0.333. The van der Waals surface area contributed by atoms with E-state index in [4.69, 9.17) is 9.47 Å². The lowest BCUT2D eigenvalue weighted by atomic mass is 10.0. The maximum absolute atomic E-state index is 11.9. The largest absolute Gasteiger partial charge is 0.463 e. The highest BCUT2D eigenvalue weighted by molar-refractivity contribution is 5.89. The maximum atomic E-state index is 11.9. The molecule has 0 aromatic rings. The van der Waals surface area contributed by atoms with Gasteiger partial charge in [-0.2, -0.15) is 0 Å². The molecule has 1 atom stereocenters. The third-order valence-electron chi connectivity index (χ3n) is 7.84. The van der Waals surface area contributed by atoms with Gasteiger partial charge in [-0.05, 0) is 44.1 Å². The fourth-order valence-corrected chi connectivity index (χ4v) is 5.02. The Labute approximate surface area is 270 Å². The fraction of sp³-hybridized carbons (Fsp3) is 0.816. The van der Waals surface area contributed by atoms with Crippen molar-refractivity contribution in [3.63, 3.8) is 0 Å². The number of esters is 2. The third kappa shape index (κ3) is 33.0. The number of unbranched alkanes of at least 4 members (excludes halogenated alkanes) is 17. The molecule has 0 aromatic carbocycles. The van der Waals surface area contributed by atoms with Crippen LogP contribution in [0.5, 0.6) is 0 Å². The molecule has 0 amide bonds. The van der Waals surface area contributed by atoms with Gasteiger partial charge in [0.15, 0.2) is 5.78 Å². The van der Waals surface area contributed by atoms with Gasteiger partial charge in [-0.15, -0.1) is 0 Å². The first-order valence-electron chi connectivity index (χ1n) is 18.2. The summed E-state index contributed by atoms with van der Waals surface area (Å²) in [4.78, 5) is 35.7. The maximum Gasteiger partial charge on any atom is 0.305 e. The van der Waals surface area contributed by atoms with Gasteiger partial charge in [0, 0.05) is 19.3 Å². The molecule has 0 saturated heterocycles. The zero-order valence-electron chi connectivity index (χ0n) is 28.8. The van der Waals surface area contributed by atoms with E-state index in [-0.39, 0.29) is 30.9 Å². The molecule has 0 aromatic heterocycles. The summed E-state index contributed by atoms with van der Waals surface area (Å²) in [6, 6.07) is 0. The van der Waals surface area contributed by atoms with Gasteiger partial charge in [0.1, 0.15) is 19.3 Å². The van der Waals surface area contributed by atoms with Gasteiger partial charge in [0.2, 0.25) is 0 Å². The summed E-state index contributed by atoms with van der Waals surface area (Å²) in [7, 11) is 0. The van der Waals surface area contributed by atoms with Crippen LogP contribution in [0.4, 0.5) is 0 Å². The van der Waals surface area contributed by atoms with Crippen molar-refractivity contribution in [1.82, 2.24) is 0 Å². The minimum atomic E-state index is -0.999. The monoisotopic (exact) mass is 621 g/mol. The molecule has 0 spiro atoms. The van der Waals surface area contributed by atoms with Crippen molar-refractivity contribution in [3.05, 3.63) is 24.3 Å². The van der Waals surface area contributed by atoms with Gasteiger partial charge in [-0.1, -0.05) is 142 Å². The molecule has 0 fully saturated rings. The number of aliphatic hydroxyl groups excluding tert-OH is 1. The Kier molecular flexibility index (Phi) is 31.0. The second-order valence-electron chi connectivity index (χ2n) is 12.9. The highest BCUT2D eigenvalue weighted by Crippen LogP contribution is 2.14. The predicted octanol–water partition coefficient (Wildman–Crippen LogP) is 10.2. The minimum absolute atomic E-state index is 0.146. The first-order valence-corrected chi connectivity index (χ1v) is 18.2. The Bertz CT molecular complexity index is 742. The van der Waals surface area contributed by atoms with Crippen LogP contribution in [0.25, 0.3) is 0 Å². The normalized spacial score (nSPS) is 12.4. The summed E-state index contributed by atoms with van der Waals surface area (Å²) in [6.45, 7) is 6.47. The standard InChI is InChI=1S/C38H68O6/c1-4-5-6-7-13-18-23-28-35(39)29-24-19-16-21-26-31-38(42)44-33-36(40)32-43-37(41)30-25-20-15-12-10-8-9-11-14-17-22-27-34(2)3/h13,18,23,28,34,36,40H,4-12,14-17,19-22,24-27,29-33H2,1-3H3/b18-13-,28-23+/t36-/m0/s1. The van der Waals surface area contributed by atoms with E-state index in [1.54, 1.807) is 6.08 Å². The summed E-state index contributed by atoms with van der Waals surface area (Å²) in [6.07, 6.45) is 31.9. The molecule has 0 rings (SSSR count). The minimum Gasteiger partial charge on any atom is -0.463 e. The fourth-order valence-electron chi connectivity index (χ4n) is 5.02. The number of hydrogen-bond donors (Lipinski definition) is 1. The van der Waals surface area contributed by atoms with E-state index < -0.39 is 6.10 Å². The number of carbonyl (C=O) groups is 3. The molecule has 0 heterocycles. The van der Waals surface area contributed by atoms with Crippen molar-refractivity contribution in [3.8, 4) is 0 Å². The van der Waals surface area contributed by atoms with Crippen LogP contribution in [0.3, 0.4) is 0 Å². The van der Waals surface area contributed by atoms with Crippen LogP contribution >= 0.6 is 0 Å². The summed E-state index contributed by atoms with van der Waals surface area (Å²) < 4.78 is 10.3. The van der Waals surface area contributed by atoms with Crippen molar-refractivity contribution >= 4 is 17.7 Å². The molecule has 0 radical (unpaired) electrons. The number of rotatable bonds is 32. The molecular formula is C38H68O6. The van der Waals surface area contributed by atoms with Crippen LogP contribution in [-0.4, -0.2) is 42.1 Å². The Morgan fingerprint density at radius 1 is 0.591 bits per heavy atom. The molecule has 0 saturated carbocycles. The quantitative estimate of drug-likeness (QED) is 0.0348. The van der Waals surface area contributed by atoms with Crippen LogP contribution < -0.4 is 0 Å². The van der Waals surface area contributed by atoms with Gasteiger partial charge in [0.05, 0.1) is 0 Å². The molecule has 0 bridgehead atoms. The van der Waals surface area contributed by atoms with Crippen molar-refractivity contribution in [1.29, 1.82) is 0 Å². The molecule has 44 heavy (non-hydrogen) atoms. The van der Waals surface area contributed by atoms with E-state index in [0.717, 1.165) is 63.7 Å². The van der Waals surface area contributed by atoms with E-state index in [1.807, 2.05) is 12.2 Å². The van der Waals surface area contributed by atoms with E-state index in [0.29, 0.717) is 19.3 Å². The van der Waals surface area contributed by atoms with Gasteiger partial charge in [0.25, 0.3) is 0 Å². The molecule has 256 valence electrons. The van der Waals surface area contributed by atoms with Gasteiger partial charge < -0.3 is 14.6 Å². The summed E-state index contributed by atoms with van der Waals surface area (Å²) >= 11 is 0. The van der Waals surface area contributed by atoms with Crippen molar-refractivity contribution in [2.24, 2.45) is 5.92 Å². The Hall–Kier alpha value is -1.95. The van der Waals surface area contributed by atoms with Crippen LogP contribution in [0.15, 0.2) is 24.3 Å². The Morgan fingerprint density at radius 2 is 1.05 bits per heavy atom. The van der Waals surface area contributed by atoms with Crippen molar-refractivity contribution in [2.75, 3.05) is 13.2 Å². The lowest BCUT2D eigenvalue weighted by molar-refractivity contribution is -0.152. The number of carbonyl (C=O) groups excluding carboxylic acids is 3. The van der Waals surface area contributed by atoms with Crippen LogP contribution in [0, 0.1) is 5.92 Å². The highest BCUT2D eigenvalue weighted by atomic mass is 16.6. The number of ether oxygens (including phenoxy) is 2. The zero-order chi connectivity index (χ0) is 32.5. The van der Waals surface area contributed by atoms with Gasteiger partial charge >= 0.3 is 11.9 Å². The number of allylic oxidation sites excluding steroid dienone is 4. The second kappa shape index (κ2) is 32.4. The van der Waals surface area contributed by atoms with Gasteiger partial charge in [-0.3, -0.25) is 14.4 Å². The molecule has 6 nitrogen and oxygen atoms in total. The molecular weight excluding hydrogens is 552 g/mol. The Balaban J connectivity index is 3.53. The van der Waals surface area contributed by atoms with Crippen LogP contribution in [0.1, 0.15) is 175 Å². The molecule has 0 aliphatic heterocycles. The SMILES string of the molecule is CCCCC/C=C\C=C\C(=O)CCCCCCCC(=O)OC[C@@H](O)COC(=O)CCCCCCCCCCCCCC(C)C. The lowest BCUT2D eigenvalue weighted by Gasteiger charge is -2.12. The summed E-state index contributed by atoms with van der Waals surface area (Å²) in [5, 5.41) is 9.98. The van der Waals surface area contributed by atoms with Crippen LogP contribution in [0.2, 0.25) is 0 Å². The van der Waals surface area contributed by atoms with Gasteiger partial charge in [-0.25, -0.2) is 0 Å². The Morgan fingerprint density at radius 3 is 1.52 bits per heavy atom. The predicted molar refractivity (Wildman–Crippen MR) is 183 cm³/mol. The highest BCUT2D eigenvalue weighted by Gasteiger charge is 2.12. The smallest absolute Gasteiger partial charge is 0.305 e. The van der Waals surface area contributed by atoms with Crippen LogP contribution in [-0.2, 0) is 23.9 Å². The van der Waals surface area contributed by atoms with E-state index in [1.165, 1.54) is 77.0 Å². The first kappa shape index (κ1) is 42.0. The first-order chi connectivity index (χ1) is 21.3. The molecule has 0 aliphatic carbocycles. The van der Waals surface area contributed by atoms with Crippen molar-refractivity contribution in [2.45, 2.75) is 181 Å². The van der Waals surface area contributed by atoms with E-state index in [2.05, 4.69) is 26.8 Å². The molecule has 0 aliphatic rings. The second-order valence-corrected chi connectivity index (χ2v) is 12.9. The molecule has 6 heteroatoms. The number of aliphatic hydroxyl groups is 1. The average molecular weight is 621 g/mol. The molecule has 1 N–H and O–H groups in total. The number of ketones is 1. The van der Waals surface area contributed by atoms with E-state index in [9.17, 15) is 19.5 Å². The van der Waals surface area contributed by atoms with Crippen molar-refractivity contribution < 1.29 is 29.0 Å².